The molecular weight excluding hydrogens is 368 g/mol. The lowest BCUT2D eigenvalue weighted by molar-refractivity contribution is -0.384. The van der Waals surface area contributed by atoms with E-state index in [0.717, 1.165) is 52.0 Å². The second kappa shape index (κ2) is 8.61. The van der Waals surface area contributed by atoms with E-state index in [1.165, 1.54) is 11.6 Å². The Morgan fingerprint density at radius 2 is 1.79 bits per heavy atom. The summed E-state index contributed by atoms with van der Waals surface area (Å²) < 4.78 is 0. The molecule has 0 radical (unpaired) electrons. The summed E-state index contributed by atoms with van der Waals surface area (Å²) in [4.78, 5) is 27.9. The van der Waals surface area contributed by atoms with E-state index in [-0.39, 0.29) is 22.6 Å². The Kier molecular flexibility index (Phi) is 5.76. The van der Waals surface area contributed by atoms with Crippen LogP contribution in [0.1, 0.15) is 28.8 Å². The minimum absolute atomic E-state index is 0.00572. The highest BCUT2D eigenvalue weighted by Crippen LogP contribution is 2.30. The van der Waals surface area contributed by atoms with Gasteiger partial charge in [0, 0.05) is 50.4 Å². The van der Waals surface area contributed by atoms with E-state index in [9.17, 15) is 14.9 Å². The highest BCUT2D eigenvalue weighted by Gasteiger charge is 2.27. The quantitative estimate of drug-likeness (QED) is 0.577. The number of benzene rings is 2. The largest absolute Gasteiger partial charge is 0.363 e. The Morgan fingerprint density at radius 3 is 2.45 bits per heavy atom. The van der Waals surface area contributed by atoms with E-state index in [4.69, 9.17) is 0 Å². The Hall–Kier alpha value is -2.93. The fourth-order valence-corrected chi connectivity index (χ4v) is 3.72. The summed E-state index contributed by atoms with van der Waals surface area (Å²) in [5, 5.41) is 14.5. The molecular formula is C22H26N4O3. The summed E-state index contributed by atoms with van der Waals surface area (Å²) in [6.07, 6.45) is 2.98. The van der Waals surface area contributed by atoms with Gasteiger partial charge in [-0.2, -0.15) is 0 Å². The van der Waals surface area contributed by atoms with Crippen LogP contribution in [0.25, 0.3) is 0 Å². The van der Waals surface area contributed by atoms with Crippen molar-refractivity contribution < 1.29 is 9.72 Å². The van der Waals surface area contributed by atoms with Gasteiger partial charge in [0.25, 0.3) is 11.6 Å². The molecule has 1 N–H and O–H groups in total. The van der Waals surface area contributed by atoms with Crippen LogP contribution in [0, 0.1) is 10.1 Å². The van der Waals surface area contributed by atoms with Gasteiger partial charge in [0.05, 0.1) is 4.92 Å². The average molecular weight is 394 g/mol. The number of nitrogens with zero attached hydrogens (tertiary/aromatic N) is 3. The van der Waals surface area contributed by atoms with Crippen molar-refractivity contribution in [2.75, 3.05) is 37.6 Å². The minimum Gasteiger partial charge on any atom is -0.363 e. The zero-order valence-corrected chi connectivity index (χ0v) is 16.4. The summed E-state index contributed by atoms with van der Waals surface area (Å²) in [6, 6.07) is 15.5. The molecule has 152 valence electrons. The van der Waals surface area contributed by atoms with E-state index in [1.807, 2.05) is 6.07 Å². The van der Waals surface area contributed by atoms with E-state index in [2.05, 4.69) is 39.4 Å². The highest BCUT2D eigenvalue weighted by molar-refractivity contribution is 5.96. The molecule has 7 heteroatoms. The maximum absolute atomic E-state index is 12.2. The van der Waals surface area contributed by atoms with Crippen LogP contribution in [-0.2, 0) is 6.42 Å². The van der Waals surface area contributed by atoms with Gasteiger partial charge < -0.3 is 10.2 Å². The summed E-state index contributed by atoms with van der Waals surface area (Å²) in [5.41, 5.74) is 2.28. The molecule has 0 spiro atoms. The molecule has 1 saturated carbocycles. The third-order valence-corrected chi connectivity index (χ3v) is 5.62. The maximum Gasteiger partial charge on any atom is 0.293 e. The molecule has 0 aromatic heterocycles. The van der Waals surface area contributed by atoms with Crippen LogP contribution in [0.5, 0.6) is 0 Å². The fourth-order valence-electron chi connectivity index (χ4n) is 3.72. The van der Waals surface area contributed by atoms with Gasteiger partial charge in [0.2, 0.25) is 0 Å². The standard InChI is InChI=1S/C22H26N4O3/c27-22(23-19-7-8-19)18-6-9-20(21(16-18)26(28)29)25-14-12-24(13-15-25)11-10-17-4-2-1-3-5-17/h1-6,9,16,19H,7-8,10-15H2,(H,23,27). The van der Waals surface area contributed by atoms with Crippen LogP contribution < -0.4 is 10.2 Å². The van der Waals surface area contributed by atoms with E-state index in [1.54, 1.807) is 12.1 Å². The van der Waals surface area contributed by atoms with Crippen LogP contribution in [-0.4, -0.2) is 54.5 Å². The Bertz CT molecular complexity index is 875. The van der Waals surface area contributed by atoms with Crippen LogP contribution in [0.4, 0.5) is 11.4 Å². The van der Waals surface area contributed by atoms with E-state index >= 15 is 0 Å². The van der Waals surface area contributed by atoms with Gasteiger partial charge in [0.15, 0.2) is 0 Å². The van der Waals surface area contributed by atoms with Gasteiger partial charge in [0.1, 0.15) is 5.69 Å². The Morgan fingerprint density at radius 1 is 1.07 bits per heavy atom. The van der Waals surface area contributed by atoms with Gasteiger partial charge >= 0.3 is 0 Å². The Labute approximate surface area is 170 Å². The van der Waals surface area contributed by atoms with Crippen molar-refractivity contribution in [3.8, 4) is 0 Å². The molecule has 2 aliphatic rings. The molecule has 1 heterocycles. The summed E-state index contributed by atoms with van der Waals surface area (Å²) in [7, 11) is 0. The number of carbonyl (C=O) groups is 1. The van der Waals surface area contributed by atoms with E-state index in [0.29, 0.717) is 11.3 Å². The van der Waals surface area contributed by atoms with Crippen LogP contribution in [0.15, 0.2) is 48.5 Å². The highest BCUT2D eigenvalue weighted by atomic mass is 16.6. The zero-order valence-electron chi connectivity index (χ0n) is 16.4. The molecule has 29 heavy (non-hydrogen) atoms. The number of hydrogen-bond donors (Lipinski definition) is 1. The van der Waals surface area contributed by atoms with Crippen molar-refractivity contribution in [1.29, 1.82) is 0 Å². The first-order valence-electron chi connectivity index (χ1n) is 10.2. The number of carbonyl (C=O) groups excluding carboxylic acids is 1. The maximum atomic E-state index is 12.2. The molecule has 1 aliphatic carbocycles. The van der Waals surface area contributed by atoms with Crippen molar-refractivity contribution in [2.24, 2.45) is 0 Å². The van der Waals surface area contributed by atoms with Crippen molar-refractivity contribution in [3.63, 3.8) is 0 Å². The number of rotatable bonds is 7. The molecule has 1 amide bonds. The van der Waals surface area contributed by atoms with Crippen LogP contribution in [0.2, 0.25) is 0 Å². The number of anilines is 1. The van der Waals surface area contributed by atoms with Crippen molar-refractivity contribution in [1.82, 2.24) is 10.2 Å². The smallest absolute Gasteiger partial charge is 0.293 e. The lowest BCUT2D eigenvalue weighted by Crippen LogP contribution is -2.47. The van der Waals surface area contributed by atoms with Crippen molar-refractivity contribution >= 4 is 17.3 Å². The van der Waals surface area contributed by atoms with Crippen molar-refractivity contribution in [2.45, 2.75) is 25.3 Å². The average Bonchev–Trinajstić information content (AvgIpc) is 3.57. The molecule has 0 unspecified atom stereocenters. The second-order valence-corrected chi connectivity index (χ2v) is 7.77. The lowest BCUT2D eigenvalue weighted by Gasteiger charge is -2.35. The topological polar surface area (TPSA) is 78.7 Å². The third kappa shape index (κ3) is 4.92. The van der Waals surface area contributed by atoms with Gasteiger partial charge in [-0.1, -0.05) is 30.3 Å². The number of hydrogen-bond acceptors (Lipinski definition) is 5. The Balaban J connectivity index is 1.38. The monoisotopic (exact) mass is 394 g/mol. The number of piperazine rings is 1. The zero-order chi connectivity index (χ0) is 20.2. The van der Waals surface area contributed by atoms with E-state index < -0.39 is 0 Å². The van der Waals surface area contributed by atoms with Gasteiger partial charge in [-0.25, -0.2) is 0 Å². The predicted molar refractivity (Wildman–Crippen MR) is 112 cm³/mol. The number of nitrogens with one attached hydrogen (secondary N) is 1. The summed E-state index contributed by atoms with van der Waals surface area (Å²) in [5.74, 6) is -0.229. The van der Waals surface area contributed by atoms with Gasteiger partial charge in [-0.05, 0) is 37.0 Å². The van der Waals surface area contributed by atoms with Gasteiger partial charge in [-0.15, -0.1) is 0 Å². The second-order valence-electron chi connectivity index (χ2n) is 7.77. The molecule has 1 saturated heterocycles. The van der Waals surface area contributed by atoms with Crippen LogP contribution >= 0.6 is 0 Å². The predicted octanol–water partition coefficient (Wildman–Crippen LogP) is 2.85. The molecule has 1 aliphatic heterocycles. The summed E-state index contributed by atoms with van der Waals surface area (Å²) >= 11 is 0. The number of nitro groups is 1. The number of nitro benzene ring substituents is 1. The molecule has 0 atom stereocenters. The molecule has 2 aromatic carbocycles. The first-order valence-corrected chi connectivity index (χ1v) is 10.2. The minimum atomic E-state index is -0.384. The molecule has 7 nitrogen and oxygen atoms in total. The fraction of sp³-hybridized carbons (Fsp3) is 0.409. The van der Waals surface area contributed by atoms with Crippen LogP contribution in [0.3, 0.4) is 0 Å². The normalized spacial score (nSPS) is 17.2. The molecule has 4 rings (SSSR count). The molecule has 2 fully saturated rings. The SMILES string of the molecule is O=C(NC1CC1)c1ccc(N2CCN(CCc3ccccc3)CC2)c([N+](=O)[O-])c1. The third-order valence-electron chi connectivity index (χ3n) is 5.62. The lowest BCUT2D eigenvalue weighted by atomic mass is 10.1. The molecule has 0 bridgehead atoms. The summed E-state index contributed by atoms with van der Waals surface area (Å²) in [6.45, 7) is 4.20. The first kappa shape index (κ1) is 19.4. The van der Waals surface area contributed by atoms with Gasteiger partial charge in [-0.3, -0.25) is 19.8 Å². The molecule has 2 aromatic rings. The number of amides is 1. The van der Waals surface area contributed by atoms with Crippen molar-refractivity contribution in [3.05, 3.63) is 69.8 Å². The first-order chi connectivity index (χ1) is 14.1.